The molecule has 12 rings (SSSR count). The number of benzene rings is 6. The molecule has 0 unspecified atom stereocenters. The summed E-state index contributed by atoms with van der Waals surface area (Å²) in [4.78, 5) is 29.4. The van der Waals surface area contributed by atoms with Gasteiger partial charge in [0.1, 0.15) is 11.6 Å². The number of hydrogen-bond acceptors (Lipinski definition) is 8. The van der Waals surface area contributed by atoms with Gasteiger partial charge in [0.25, 0.3) is 0 Å². The third kappa shape index (κ3) is 20.8. The molecule has 8 nitrogen and oxygen atoms in total. The van der Waals surface area contributed by atoms with Crippen LogP contribution in [0.15, 0.2) is 231 Å². The zero-order chi connectivity index (χ0) is 66.4. The zero-order valence-electron chi connectivity index (χ0n) is 50.1. The topological polar surface area (TPSA) is 83.8 Å². The van der Waals surface area contributed by atoms with Crippen LogP contribution in [0.1, 0.15) is 11.1 Å². The lowest BCUT2D eigenvalue weighted by Crippen LogP contribution is -2.08. The van der Waals surface area contributed by atoms with Crippen molar-refractivity contribution in [2.75, 3.05) is 38.0 Å². The summed E-state index contributed by atoms with van der Waals surface area (Å²) in [5.41, 5.74) is 13.5. The third-order valence-corrected chi connectivity index (χ3v) is 16.6. The molecule has 0 fully saturated rings. The summed E-state index contributed by atoms with van der Waals surface area (Å²) in [6.45, 7) is 3.81. The Labute approximate surface area is 584 Å². The molecule has 0 N–H and O–H groups in total. The molecule has 12 aromatic rings. The van der Waals surface area contributed by atoms with Gasteiger partial charge in [-0.1, -0.05) is 140 Å². The van der Waals surface area contributed by atoms with E-state index in [-0.39, 0.29) is 11.6 Å². The SMILES string of the molecule is CN(C)c1ccnc(-c2ccc(Cl)cc2Cl)c1.Cc1c(Cl)ccc(-c2cc(N(C)C)ccn2)c1Cl.Cc1c(Cl)ccc(-c2ccccn2)c1Cl.Clc1ccc(-c2ccccn2)c(Cl)c1.Fc1cc(Cl)ccc1-c1ccccn1.Fc1ccc(-c2ccccn2)c(Cl)c1. The first-order chi connectivity index (χ1) is 44.1. The summed E-state index contributed by atoms with van der Waals surface area (Å²) in [5.74, 6) is -0.689. The molecule has 0 aliphatic heterocycles. The first-order valence-corrected chi connectivity index (χ1v) is 31.5. The van der Waals surface area contributed by atoms with Crippen molar-refractivity contribution in [1.29, 1.82) is 0 Å². The maximum atomic E-state index is 13.4. The van der Waals surface area contributed by atoms with Gasteiger partial charge >= 0.3 is 0 Å². The molecule has 0 aliphatic carbocycles. The van der Waals surface area contributed by atoms with Crippen molar-refractivity contribution >= 4 is 127 Å². The van der Waals surface area contributed by atoms with Crippen LogP contribution in [-0.2, 0) is 0 Å². The number of halogens is 12. The number of anilines is 2. The van der Waals surface area contributed by atoms with Crippen LogP contribution >= 0.6 is 116 Å². The maximum Gasteiger partial charge on any atom is 0.134 e. The first-order valence-electron chi connectivity index (χ1n) is 27.7. The molecule has 6 aromatic carbocycles. The van der Waals surface area contributed by atoms with Crippen LogP contribution in [-0.4, -0.2) is 58.1 Å². The molecule has 92 heavy (non-hydrogen) atoms. The van der Waals surface area contributed by atoms with Gasteiger partial charge in [0, 0.05) is 135 Å². The summed E-state index contributed by atoms with van der Waals surface area (Å²) in [7, 11) is 7.97. The fraction of sp³-hybridized carbons (Fsp3) is 0.0833. The maximum absolute atomic E-state index is 13.4. The summed E-state index contributed by atoms with van der Waals surface area (Å²) >= 11 is 59.9. The largest absolute Gasteiger partial charge is 0.378 e. The van der Waals surface area contributed by atoms with E-state index in [2.05, 4.69) is 29.9 Å². The number of rotatable bonds is 8. The standard InChI is InChI=1S/C14H14Cl2N2.C13H12Cl2N2.C12H9Cl2N.C11H7Cl2N.2C11H7ClFN/c1-9-12(15)5-4-11(14(9)16)13-8-10(18(2)3)6-7-17-13;1-17(2)10-5-6-16-13(8-10)11-4-3-9(14)7-12(11)15;1-8-10(13)6-5-9(12(8)14)11-4-2-3-7-15-11;12-8-4-5-9(10(13)7-8)11-3-1-2-6-14-11;12-10-7-8(13)4-5-9(10)11-3-1-2-6-14-11;12-8-4-5-9(10(13)7-8)11-3-1-2-6-14-11/h4-8H,1-3H3;3-8H,1-2H3;2-7H,1H3;3*1-7H. The van der Waals surface area contributed by atoms with Gasteiger partial charge in [-0.15, -0.1) is 0 Å². The van der Waals surface area contributed by atoms with Gasteiger partial charge in [0.15, 0.2) is 0 Å². The van der Waals surface area contributed by atoms with Gasteiger partial charge in [-0.3, -0.25) is 29.9 Å². The van der Waals surface area contributed by atoms with Crippen LogP contribution < -0.4 is 9.80 Å². The molecule has 20 heteroatoms. The average molecular weight is 1430 g/mol. The Morgan fingerprint density at radius 2 is 0.598 bits per heavy atom. The molecule has 6 heterocycles. The Balaban J connectivity index is 0.000000157. The molecule has 0 radical (unpaired) electrons. The minimum atomic E-state index is -0.351. The third-order valence-electron chi connectivity index (χ3n) is 13.2. The van der Waals surface area contributed by atoms with E-state index in [9.17, 15) is 8.78 Å². The van der Waals surface area contributed by atoms with Gasteiger partial charge in [-0.05, 0) is 195 Å². The average Bonchev–Trinajstić information content (AvgIpc) is 0.981. The Bertz CT molecular complexity index is 4160. The van der Waals surface area contributed by atoms with Crippen molar-refractivity contribution in [3.05, 3.63) is 304 Å². The lowest BCUT2D eigenvalue weighted by Gasteiger charge is -2.14. The number of pyridine rings is 6. The second kappa shape index (κ2) is 35.6. The van der Waals surface area contributed by atoms with Gasteiger partial charge < -0.3 is 9.80 Å². The van der Waals surface area contributed by atoms with Gasteiger partial charge in [0.2, 0.25) is 0 Å². The second-order valence-electron chi connectivity index (χ2n) is 20.0. The van der Waals surface area contributed by atoms with E-state index in [0.717, 1.165) is 78.8 Å². The lowest BCUT2D eigenvalue weighted by molar-refractivity contribution is 0.628. The minimum Gasteiger partial charge on any atom is -0.378 e. The fourth-order valence-electron chi connectivity index (χ4n) is 8.29. The normalized spacial score (nSPS) is 10.3. The molecular formula is C72H56Cl10F2N8. The molecule has 0 spiro atoms. The highest BCUT2D eigenvalue weighted by molar-refractivity contribution is 6.39. The van der Waals surface area contributed by atoms with Crippen molar-refractivity contribution in [3.8, 4) is 67.5 Å². The molecule has 0 saturated heterocycles. The van der Waals surface area contributed by atoms with Crippen molar-refractivity contribution in [3.63, 3.8) is 0 Å². The first kappa shape index (κ1) is 72.0. The van der Waals surface area contributed by atoms with Crippen molar-refractivity contribution in [1.82, 2.24) is 29.9 Å². The number of nitrogens with zero attached hydrogens (tertiary/aromatic N) is 8. The van der Waals surface area contributed by atoms with E-state index in [1.165, 1.54) is 18.2 Å². The monoisotopic (exact) mass is 1420 g/mol. The van der Waals surface area contributed by atoms with Crippen molar-refractivity contribution in [2.24, 2.45) is 0 Å². The van der Waals surface area contributed by atoms with Crippen LogP contribution in [0.25, 0.3) is 67.5 Å². The van der Waals surface area contributed by atoms with Crippen molar-refractivity contribution in [2.45, 2.75) is 13.8 Å². The molecular weight excluding hydrogens is 1370 g/mol. The van der Waals surface area contributed by atoms with E-state index in [4.69, 9.17) is 116 Å². The highest BCUT2D eigenvalue weighted by Gasteiger charge is 2.13. The summed E-state index contributed by atoms with van der Waals surface area (Å²) in [5, 5.41) is 5.94. The molecule has 0 saturated carbocycles. The van der Waals surface area contributed by atoms with Crippen LogP contribution in [0.4, 0.5) is 20.2 Å². The molecule has 0 bridgehead atoms. The fourth-order valence-corrected chi connectivity index (χ4v) is 10.7. The predicted octanol–water partition coefficient (Wildman–Crippen LogP) is 24.1. The molecule has 0 aliphatic rings. The highest BCUT2D eigenvalue weighted by Crippen LogP contribution is 2.37. The van der Waals surface area contributed by atoms with E-state index in [1.807, 2.05) is 179 Å². The highest BCUT2D eigenvalue weighted by atomic mass is 35.5. The van der Waals surface area contributed by atoms with Crippen molar-refractivity contribution < 1.29 is 8.78 Å². The van der Waals surface area contributed by atoms with E-state index < -0.39 is 0 Å². The van der Waals surface area contributed by atoms with Crippen LogP contribution in [0, 0.1) is 25.5 Å². The zero-order valence-corrected chi connectivity index (χ0v) is 57.6. The Hall–Kier alpha value is -7.42. The van der Waals surface area contributed by atoms with Crippen LogP contribution in [0.3, 0.4) is 0 Å². The molecule has 6 aromatic heterocycles. The smallest absolute Gasteiger partial charge is 0.134 e. The predicted molar refractivity (Wildman–Crippen MR) is 386 cm³/mol. The van der Waals surface area contributed by atoms with E-state index in [0.29, 0.717) is 61.5 Å². The second-order valence-corrected chi connectivity index (χ2v) is 24.1. The molecule has 0 amide bonds. The van der Waals surface area contributed by atoms with Gasteiger partial charge in [0.05, 0.1) is 59.3 Å². The van der Waals surface area contributed by atoms with E-state index in [1.54, 1.807) is 85.7 Å². The summed E-state index contributed by atoms with van der Waals surface area (Å²) in [6.07, 6.45) is 10.3. The minimum absolute atomic E-state index is 0.338. The summed E-state index contributed by atoms with van der Waals surface area (Å²) in [6, 6.07) is 57.3. The van der Waals surface area contributed by atoms with Gasteiger partial charge in [-0.25, -0.2) is 8.78 Å². The Morgan fingerprint density at radius 3 is 0.967 bits per heavy atom. The number of hydrogen-bond donors (Lipinski definition) is 0. The van der Waals surface area contributed by atoms with E-state index >= 15 is 0 Å². The quantitative estimate of drug-likeness (QED) is 0.149. The molecule has 0 atom stereocenters. The number of aromatic nitrogens is 6. The summed E-state index contributed by atoms with van der Waals surface area (Å²) < 4.78 is 26.2. The molecule has 468 valence electrons. The van der Waals surface area contributed by atoms with Crippen LogP contribution in [0.5, 0.6) is 0 Å². The van der Waals surface area contributed by atoms with Gasteiger partial charge in [-0.2, -0.15) is 0 Å². The van der Waals surface area contributed by atoms with Crippen LogP contribution in [0.2, 0.25) is 50.2 Å². The Kier molecular flexibility index (Phi) is 27.8. The lowest BCUT2D eigenvalue weighted by atomic mass is 10.1. The Morgan fingerprint density at radius 1 is 0.283 bits per heavy atom.